The van der Waals surface area contributed by atoms with Gasteiger partial charge in [0.2, 0.25) is 0 Å². The Morgan fingerprint density at radius 3 is 2.38 bits per heavy atom. The van der Waals surface area contributed by atoms with E-state index >= 15 is 0 Å². The Labute approximate surface area is 98.3 Å². The van der Waals surface area contributed by atoms with Gasteiger partial charge in [0.05, 0.1) is 0 Å². The Balaban J connectivity index is 0.000000293. The highest BCUT2D eigenvalue weighted by molar-refractivity contribution is 5.48. The molecule has 0 fully saturated rings. The molecule has 0 saturated carbocycles. The third-order valence-electron chi connectivity index (χ3n) is 2.17. The smallest absolute Gasteiger partial charge is 0.119 e. The minimum absolute atomic E-state index is 0.240. The van der Waals surface area contributed by atoms with Crippen molar-refractivity contribution in [1.29, 1.82) is 0 Å². The van der Waals surface area contributed by atoms with Gasteiger partial charge < -0.3 is 9.90 Å². The van der Waals surface area contributed by atoms with Crippen molar-refractivity contribution >= 4 is 6.29 Å². The Kier molecular flexibility index (Phi) is 11.1. The Hall–Kier alpha value is -1.15. The van der Waals surface area contributed by atoms with Gasteiger partial charge in [0, 0.05) is 13.0 Å². The van der Waals surface area contributed by atoms with E-state index in [0.717, 1.165) is 25.5 Å². The first-order valence-corrected chi connectivity index (χ1v) is 5.93. The highest BCUT2D eigenvalue weighted by Crippen LogP contribution is 1.97. The van der Waals surface area contributed by atoms with Gasteiger partial charge in [-0.2, -0.15) is 0 Å². The molecular weight excluding hydrogens is 200 g/mol. The standard InChI is InChI=1S/C8H10O.C6H12O/c9-7-6-8-4-2-1-3-5-8;1-2-3-4-5-6-7/h1-5,9H,6-7H2;6H,2-5H2,1H3. The van der Waals surface area contributed by atoms with Crippen molar-refractivity contribution in [3.8, 4) is 0 Å². The van der Waals surface area contributed by atoms with E-state index in [0.29, 0.717) is 0 Å². The van der Waals surface area contributed by atoms with E-state index < -0.39 is 0 Å². The molecule has 0 aliphatic heterocycles. The molecule has 1 N–H and O–H groups in total. The van der Waals surface area contributed by atoms with Gasteiger partial charge in [0.15, 0.2) is 0 Å². The first-order chi connectivity index (χ1) is 7.85. The number of aliphatic hydroxyl groups excluding tert-OH is 1. The van der Waals surface area contributed by atoms with Crippen LogP contribution in [0.5, 0.6) is 0 Å². The first-order valence-electron chi connectivity index (χ1n) is 5.93. The molecule has 0 saturated heterocycles. The van der Waals surface area contributed by atoms with Crippen LogP contribution < -0.4 is 0 Å². The summed E-state index contributed by atoms with van der Waals surface area (Å²) in [6, 6.07) is 9.95. The fourth-order valence-corrected chi connectivity index (χ4v) is 1.25. The normalized spacial score (nSPS) is 9.12. The second-order valence-electron chi connectivity index (χ2n) is 3.62. The number of hydrogen-bond acceptors (Lipinski definition) is 2. The second kappa shape index (κ2) is 11.9. The van der Waals surface area contributed by atoms with Crippen molar-refractivity contribution in [2.75, 3.05) is 6.61 Å². The molecule has 2 heteroatoms. The van der Waals surface area contributed by atoms with Gasteiger partial charge in [-0.3, -0.25) is 0 Å². The van der Waals surface area contributed by atoms with Crippen molar-refractivity contribution in [3.63, 3.8) is 0 Å². The third-order valence-corrected chi connectivity index (χ3v) is 2.17. The van der Waals surface area contributed by atoms with Gasteiger partial charge in [0.1, 0.15) is 6.29 Å². The molecule has 0 aromatic heterocycles. The lowest BCUT2D eigenvalue weighted by molar-refractivity contribution is -0.107. The molecule has 0 radical (unpaired) electrons. The molecule has 90 valence electrons. The summed E-state index contributed by atoms with van der Waals surface area (Å²) in [5.74, 6) is 0. The minimum Gasteiger partial charge on any atom is -0.396 e. The van der Waals surface area contributed by atoms with Crippen LogP contribution in [0.1, 0.15) is 38.2 Å². The molecule has 0 amide bonds. The first kappa shape index (κ1) is 14.8. The summed E-state index contributed by atoms with van der Waals surface area (Å²) in [6.07, 6.45) is 5.96. The average molecular weight is 222 g/mol. The molecular formula is C14H22O2. The van der Waals surface area contributed by atoms with Crippen LogP contribution in [-0.4, -0.2) is 18.0 Å². The number of benzene rings is 1. The zero-order valence-corrected chi connectivity index (χ0v) is 10.1. The molecule has 0 atom stereocenters. The lowest BCUT2D eigenvalue weighted by Gasteiger charge is -1.93. The van der Waals surface area contributed by atoms with Gasteiger partial charge >= 0.3 is 0 Å². The lowest BCUT2D eigenvalue weighted by atomic mass is 10.2. The number of aliphatic hydroxyl groups is 1. The minimum atomic E-state index is 0.240. The molecule has 0 spiro atoms. The number of carbonyl (C=O) groups excluding carboxylic acids is 1. The maximum atomic E-state index is 9.68. The van der Waals surface area contributed by atoms with Gasteiger partial charge in [-0.25, -0.2) is 0 Å². The maximum absolute atomic E-state index is 9.68. The Morgan fingerprint density at radius 2 is 1.88 bits per heavy atom. The van der Waals surface area contributed by atoms with Gasteiger partial charge in [-0.1, -0.05) is 50.1 Å². The van der Waals surface area contributed by atoms with Crippen LogP contribution in [0.2, 0.25) is 0 Å². The van der Waals surface area contributed by atoms with Gasteiger partial charge in [0.25, 0.3) is 0 Å². The van der Waals surface area contributed by atoms with Crippen molar-refractivity contribution in [2.24, 2.45) is 0 Å². The molecule has 1 rings (SSSR count). The van der Waals surface area contributed by atoms with Crippen LogP contribution in [0.4, 0.5) is 0 Å². The van der Waals surface area contributed by atoms with E-state index in [4.69, 9.17) is 5.11 Å². The zero-order valence-electron chi connectivity index (χ0n) is 10.1. The molecule has 1 aromatic carbocycles. The molecule has 0 aliphatic carbocycles. The maximum Gasteiger partial charge on any atom is 0.119 e. The predicted octanol–water partition coefficient (Wildman–Crippen LogP) is 2.99. The second-order valence-corrected chi connectivity index (χ2v) is 3.62. The molecule has 2 nitrogen and oxygen atoms in total. The van der Waals surface area contributed by atoms with E-state index in [1.165, 1.54) is 18.4 Å². The van der Waals surface area contributed by atoms with Crippen LogP contribution in [0.15, 0.2) is 30.3 Å². The quantitative estimate of drug-likeness (QED) is 0.593. The predicted molar refractivity (Wildman–Crippen MR) is 67.4 cm³/mol. The number of carbonyl (C=O) groups is 1. The number of unbranched alkanes of at least 4 members (excludes halogenated alkanes) is 3. The van der Waals surface area contributed by atoms with Gasteiger partial charge in [-0.05, 0) is 18.4 Å². The zero-order chi connectivity index (χ0) is 12.1. The van der Waals surface area contributed by atoms with Crippen LogP contribution in [0, 0.1) is 0 Å². The van der Waals surface area contributed by atoms with Crippen molar-refractivity contribution in [2.45, 2.75) is 39.0 Å². The van der Waals surface area contributed by atoms with E-state index in [2.05, 4.69) is 6.92 Å². The monoisotopic (exact) mass is 222 g/mol. The summed E-state index contributed by atoms with van der Waals surface area (Å²) in [4.78, 5) is 9.68. The van der Waals surface area contributed by atoms with Crippen molar-refractivity contribution in [3.05, 3.63) is 35.9 Å². The number of rotatable bonds is 6. The molecule has 0 unspecified atom stereocenters. The molecule has 0 heterocycles. The highest BCUT2D eigenvalue weighted by atomic mass is 16.2. The Bertz CT molecular complexity index is 244. The largest absolute Gasteiger partial charge is 0.396 e. The van der Waals surface area contributed by atoms with Gasteiger partial charge in [-0.15, -0.1) is 0 Å². The summed E-state index contributed by atoms with van der Waals surface area (Å²) in [7, 11) is 0. The molecule has 0 aliphatic rings. The van der Waals surface area contributed by atoms with Crippen LogP contribution >= 0.6 is 0 Å². The summed E-state index contributed by atoms with van der Waals surface area (Å²) in [5.41, 5.74) is 1.19. The number of aldehydes is 1. The summed E-state index contributed by atoms with van der Waals surface area (Å²) < 4.78 is 0. The molecule has 16 heavy (non-hydrogen) atoms. The van der Waals surface area contributed by atoms with E-state index in [9.17, 15) is 4.79 Å². The molecule has 0 bridgehead atoms. The van der Waals surface area contributed by atoms with Crippen molar-refractivity contribution < 1.29 is 9.90 Å². The summed E-state index contributed by atoms with van der Waals surface area (Å²) in [5, 5.41) is 8.52. The fraction of sp³-hybridized carbons (Fsp3) is 0.500. The fourth-order valence-electron chi connectivity index (χ4n) is 1.25. The lowest BCUT2D eigenvalue weighted by Crippen LogP contribution is -1.88. The summed E-state index contributed by atoms with van der Waals surface area (Å²) in [6.45, 7) is 2.37. The Morgan fingerprint density at radius 1 is 1.19 bits per heavy atom. The van der Waals surface area contributed by atoms with Crippen LogP contribution in [0.25, 0.3) is 0 Å². The highest BCUT2D eigenvalue weighted by Gasteiger charge is 1.85. The summed E-state index contributed by atoms with van der Waals surface area (Å²) >= 11 is 0. The SMILES string of the molecule is CCCCCC=O.OCCc1ccccc1. The third kappa shape index (κ3) is 9.41. The van der Waals surface area contributed by atoms with E-state index in [1.54, 1.807) is 0 Å². The average Bonchev–Trinajstić information content (AvgIpc) is 2.32. The van der Waals surface area contributed by atoms with Crippen molar-refractivity contribution in [1.82, 2.24) is 0 Å². The molecule has 1 aromatic rings. The van der Waals surface area contributed by atoms with E-state index in [-0.39, 0.29) is 6.61 Å². The van der Waals surface area contributed by atoms with Crippen LogP contribution in [0.3, 0.4) is 0 Å². The topological polar surface area (TPSA) is 37.3 Å². The number of hydrogen-bond donors (Lipinski definition) is 1. The van der Waals surface area contributed by atoms with E-state index in [1.807, 2.05) is 30.3 Å². The van der Waals surface area contributed by atoms with Crippen LogP contribution in [-0.2, 0) is 11.2 Å².